The van der Waals surface area contributed by atoms with Gasteiger partial charge in [0.1, 0.15) is 12.6 Å². The Bertz CT molecular complexity index is 1440. The number of nitrogens with zero attached hydrogens (tertiary/aromatic N) is 2. The van der Waals surface area contributed by atoms with Crippen molar-refractivity contribution in [2.75, 3.05) is 23.7 Å². The van der Waals surface area contributed by atoms with Crippen molar-refractivity contribution in [2.45, 2.75) is 38.5 Å². The molecule has 0 fully saturated rings. The first-order chi connectivity index (χ1) is 19.3. The first-order valence-corrected chi connectivity index (χ1v) is 15.4. The van der Waals surface area contributed by atoms with Gasteiger partial charge in [-0.3, -0.25) is 13.9 Å². The molecular weight excluding hydrogens is 623 g/mol. The zero-order chi connectivity index (χ0) is 30.2. The molecule has 1 unspecified atom stereocenters. The molecule has 0 aliphatic heterocycles. The van der Waals surface area contributed by atoms with E-state index in [0.717, 1.165) is 28.4 Å². The Morgan fingerprint density at radius 1 is 0.951 bits per heavy atom. The second kappa shape index (κ2) is 14.0. The fourth-order valence-electron chi connectivity index (χ4n) is 4.16. The summed E-state index contributed by atoms with van der Waals surface area (Å²) in [4.78, 5) is 28.7. The summed E-state index contributed by atoms with van der Waals surface area (Å²) in [5.74, 6) is -1.17. The standard InChI is InChI=1S/C29H31BrF3N3O4S/c1-3-16-34-28(38)26(17-21-8-5-4-6-9-21)35(19-22-12-14-24(30)15-13-22)27(37)20-36(41(2,39)40)25-11-7-10-23(18-25)29(31,32)33/h4-15,18,26H,3,16-17,19-20H2,1-2H3,(H,34,38). The third-order valence-corrected chi connectivity index (χ3v) is 7.90. The second-order valence-electron chi connectivity index (χ2n) is 9.46. The van der Waals surface area contributed by atoms with Crippen LogP contribution in [0.3, 0.4) is 0 Å². The first-order valence-electron chi connectivity index (χ1n) is 12.8. The Hall–Kier alpha value is -3.38. The SMILES string of the molecule is CCCNC(=O)C(Cc1ccccc1)N(Cc1ccc(Br)cc1)C(=O)CN(c1cccc(C(F)(F)F)c1)S(C)(=O)=O. The molecule has 7 nitrogen and oxygen atoms in total. The average molecular weight is 655 g/mol. The van der Waals surface area contributed by atoms with Crippen LogP contribution < -0.4 is 9.62 Å². The second-order valence-corrected chi connectivity index (χ2v) is 12.3. The van der Waals surface area contributed by atoms with Crippen LogP contribution in [0.1, 0.15) is 30.0 Å². The van der Waals surface area contributed by atoms with E-state index in [1.54, 1.807) is 36.4 Å². The van der Waals surface area contributed by atoms with E-state index in [1.807, 2.05) is 25.1 Å². The molecule has 41 heavy (non-hydrogen) atoms. The number of benzene rings is 3. The topological polar surface area (TPSA) is 86.8 Å². The van der Waals surface area contributed by atoms with Gasteiger partial charge < -0.3 is 10.2 Å². The van der Waals surface area contributed by atoms with Crippen LogP contribution in [0, 0.1) is 0 Å². The summed E-state index contributed by atoms with van der Waals surface area (Å²) in [5.41, 5.74) is 0.0847. The van der Waals surface area contributed by atoms with Crippen LogP contribution in [0.15, 0.2) is 83.3 Å². The van der Waals surface area contributed by atoms with Crippen LogP contribution in [0.4, 0.5) is 18.9 Å². The number of anilines is 1. The summed E-state index contributed by atoms with van der Waals surface area (Å²) in [6.45, 7) is 1.41. The van der Waals surface area contributed by atoms with Gasteiger partial charge in [0.2, 0.25) is 21.8 Å². The Morgan fingerprint density at radius 3 is 2.20 bits per heavy atom. The smallest absolute Gasteiger partial charge is 0.354 e. The summed E-state index contributed by atoms with van der Waals surface area (Å²) in [7, 11) is -4.19. The molecule has 3 aromatic carbocycles. The summed E-state index contributed by atoms with van der Waals surface area (Å²) in [6.07, 6.45) is -3.10. The maximum Gasteiger partial charge on any atom is 0.416 e. The monoisotopic (exact) mass is 653 g/mol. The van der Waals surface area contributed by atoms with Crippen molar-refractivity contribution in [1.29, 1.82) is 0 Å². The van der Waals surface area contributed by atoms with Gasteiger partial charge in [-0.1, -0.05) is 71.4 Å². The van der Waals surface area contributed by atoms with E-state index in [0.29, 0.717) is 28.9 Å². The van der Waals surface area contributed by atoms with Crippen LogP contribution in [0.5, 0.6) is 0 Å². The van der Waals surface area contributed by atoms with Crippen molar-refractivity contribution in [2.24, 2.45) is 0 Å². The summed E-state index contributed by atoms with van der Waals surface area (Å²) in [5, 5.41) is 2.83. The number of amides is 2. The molecule has 0 spiro atoms. The molecule has 12 heteroatoms. The molecule has 0 aromatic heterocycles. The van der Waals surface area contributed by atoms with E-state index in [-0.39, 0.29) is 18.7 Å². The summed E-state index contributed by atoms with van der Waals surface area (Å²) in [6, 6.07) is 18.9. The Morgan fingerprint density at radius 2 is 1.61 bits per heavy atom. The molecule has 220 valence electrons. The van der Waals surface area contributed by atoms with Gasteiger partial charge in [0.05, 0.1) is 17.5 Å². The number of hydrogen-bond donors (Lipinski definition) is 1. The number of alkyl halides is 3. The number of hydrogen-bond acceptors (Lipinski definition) is 4. The van der Waals surface area contributed by atoms with Gasteiger partial charge in [0.25, 0.3) is 0 Å². The molecule has 0 radical (unpaired) electrons. The van der Waals surface area contributed by atoms with Crippen LogP contribution in [0.25, 0.3) is 0 Å². The lowest BCUT2D eigenvalue weighted by molar-refractivity contribution is -0.140. The van der Waals surface area contributed by atoms with Gasteiger partial charge in [-0.05, 0) is 47.9 Å². The third-order valence-electron chi connectivity index (χ3n) is 6.23. The quantitative estimate of drug-likeness (QED) is 0.284. The zero-order valence-corrected chi connectivity index (χ0v) is 25.0. The van der Waals surface area contributed by atoms with Gasteiger partial charge in [0, 0.05) is 24.0 Å². The van der Waals surface area contributed by atoms with Gasteiger partial charge in [0.15, 0.2) is 0 Å². The molecule has 3 rings (SSSR count). The van der Waals surface area contributed by atoms with Gasteiger partial charge in [-0.15, -0.1) is 0 Å². The van der Waals surface area contributed by atoms with Crippen molar-refractivity contribution in [3.63, 3.8) is 0 Å². The zero-order valence-electron chi connectivity index (χ0n) is 22.6. The van der Waals surface area contributed by atoms with Gasteiger partial charge in [-0.25, -0.2) is 8.42 Å². The average Bonchev–Trinajstić information content (AvgIpc) is 2.92. The van der Waals surface area contributed by atoms with Crippen LogP contribution >= 0.6 is 15.9 Å². The molecule has 0 saturated heterocycles. The van der Waals surface area contributed by atoms with Crippen molar-refractivity contribution < 1.29 is 31.2 Å². The Kier molecular flexibility index (Phi) is 11.0. The lowest BCUT2D eigenvalue weighted by atomic mass is 10.0. The number of carbonyl (C=O) groups excluding carboxylic acids is 2. The lowest BCUT2D eigenvalue weighted by Gasteiger charge is -2.33. The van der Waals surface area contributed by atoms with Crippen molar-refractivity contribution in [3.8, 4) is 0 Å². The number of sulfonamides is 1. The molecule has 0 saturated carbocycles. The summed E-state index contributed by atoms with van der Waals surface area (Å²) >= 11 is 3.37. The number of halogens is 4. The first kappa shape index (κ1) is 32.1. The van der Waals surface area contributed by atoms with Crippen molar-refractivity contribution in [3.05, 3.63) is 100 Å². The highest BCUT2D eigenvalue weighted by atomic mass is 79.9. The fourth-order valence-corrected chi connectivity index (χ4v) is 5.26. The molecule has 0 aliphatic carbocycles. The molecule has 1 N–H and O–H groups in total. The molecular formula is C29H31BrF3N3O4S. The summed E-state index contributed by atoms with van der Waals surface area (Å²) < 4.78 is 67.2. The molecule has 0 aliphatic rings. The maximum atomic E-state index is 13.9. The van der Waals surface area contributed by atoms with E-state index in [4.69, 9.17) is 0 Å². The van der Waals surface area contributed by atoms with E-state index in [2.05, 4.69) is 21.2 Å². The van der Waals surface area contributed by atoms with Gasteiger partial charge in [-0.2, -0.15) is 13.2 Å². The Labute approximate surface area is 246 Å². The maximum absolute atomic E-state index is 13.9. The lowest BCUT2D eigenvalue weighted by Crippen LogP contribution is -2.53. The Balaban J connectivity index is 2.06. The highest BCUT2D eigenvalue weighted by Crippen LogP contribution is 2.32. The van der Waals surface area contributed by atoms with E-state index in [9.17, 15) is 31.2 Å². The minimum atomic E-state index is -4.71. The minimum Gasteiger partial charge on any atom is -0.354 e. The van der Waals surface area contributed by atoms with E-state index >= 15 is 0 Å². The van der Waals surface area contributed by atoms with Crippen molar-refractivity contribution >= 4 is 43.5 Å². The van der Waals surface area contributed by atoms with Gasteiger partial charge >= 0.3 is 6.18 Å². The number of nitrogens with one attached hydrogen (secondary N) is 1. The van der Waals surface area contributed by atoms with Crippen LogP contribution in [-0.2, 0) is 38.8 Å². The largest absolute Gasteiger partial charge is 0.416 e. The predicted octanol–water partition coefficient (Wildman–Crippen LogP) is 5.40. The molecule has 0 bridgehead atoms. The van der Waals surface area contributed by atoms with Crippen LogP contribution in [-0.4, -0.2) is 50.5 Å². The molecule has 2 amide bonds. The normalized spacial score (nSPS) is 12.4. The van der Waals surface area contributed by atoms with Crippen molar-refractivity contribution in [1.82, 2.24) is 10.2 Å². The van der Waals surface area contributed by atoms with Crippen LogP contribution in [0.2, 0.25) is 0 Å². The predicted molar refractivity (Wildman–Crippen MR) is 156 cm³/mol. The van der Waals surface area contributed by atoms with E-state index in [1.165, 1.54) is 11.0 Å². The molecule has 0 heterocycles. The third kappa shape index (κ3) is 9.32. The number of carbonyl (C=O) groups is 2. The highest BCUT2D eigenvalue weighted by Gasteiger charge is 2.35. The minimum absolute atomic E-state index is 0.0383. The fraction of sp³-hybridized carbons (Fsp3) is 0.310. The highest BCUT2D eigenvalue weighted by molar-refractivity contribution is 9.10. The number of rotatable bonds is 12. The molecule has 1 atom stereocenters. The van der Waals surface area contributed by atoms with E-state index < -0.39 is 46.2 Å². The molecule has 3 aromatic rings.